The lowest BCUT2D eigenvalue weighted by atomic mass is 9.77. The molecule has 1 fully saturated rings. The fourth-order valence-corrected chi connectivity index (χ4v) is 5.38. The zero-order valence-electron chi connectivity index (χ0n) is 18.4. The molecule has 1 aliphatic carbocycles. The summed E-state index contributed by atoms with van der Waals surface area (Å²) >= 11 is 0. The summed E-state index contributed by atoms with van der Waals surface area (Å²) in [6, 6.07) is 17.8. The second-order valence-electron chi connectivity index (χ2n) is 8.65. The first kappa shape index (κ1) is 20.3. The van der Waals surface area contributed by atoms with Crippen LogP contribution >= 0.6 is 0 Å². The Bertz CT molecular complexity index is 1260. The van der Waals surface area contributed by atoms with E-state index in [1.54, 1.807) is 0 Å². The third-order valence-corrected chi connectivity index (χ3v) is 6.82. The van der Waals surface area contributed by atoms with E-state index < -0.39 is 6.04 Å². The number of hydrogen-bond donors (Lipinski definition) is 2. The van der Waals surface area contributed by atoms with Crippen LogP contribution in [-0.4, -0.2) is 36.5 Å². The van der Waals surface area contributed by atoms with Gasteiger partial charge in [0, 0.05) is 28.9 Å². The highest BCUT2D eigenvalue weighted by atomic mass is 16.7. The minimum Gasteiger partial charge on any atom is -0.469 e. The molecule has 2 N–H and O–H groups in total. The number of benzene rings is 2. The second kappa shape index (κ2) is 8.21. The van der Waals surface area contributed by atoms with Crippen LogP contribution in [0.15, 0.2) is 78.1 Å². The first-order valence-electron chi connectivity index (χ1n) is 11.5. The molecule has 4 atom stereocenters. The van der Waals surface area contributed by atoms with Crippen LogP contribution in [0.5, 0.6) is 0 Å². The van der Waals surface area contributed by atoms with Crippen LogP contribution in [0, 0.1) is 0 Å². The van der Waals surface area contributed by atoms with Crippen LogP contribution in [0.3, 0.4) is 0 Å². The normalized spacial score (nSPS) is 26.1. The lowest BCUT2D eigenvalue weighted by Gasteiger charge is -2.38. The maximum Gasteiger partial charge on any atom is 0.324 e. The standard InChI is InChI=1S/C27H26N2O4/c1-2-31-27(30)26-22(16-8-4-3-5-9-16)23-18-10-6-7-11-19(18)28-25(23)24(29-26)17-12-13-20-21(14-17)33-15-32-20/h3-13,21-22,24,26,28-29H,2,14-15H2,1H3/t21?,22-,24+,26+/m0/s1. The van der Waals surface area contributed by atoms with Gasteiger partial charge in [-0.25, -0.2) is 0 Å². The van der Waals surface area contributed by atoms with Gasteiger partial charge in [0.25, 0.3) is 0 Å². The number of H-pyrrole nitrogens is 1. The molecule has 0 spiro atoms. The number of hydrogen-bond acceptors (Lipinski definition) is 5. The molecule has 0 radical (unpaired) electrons. The molecule has 0 saturated carbocycles. The number of ether oxygens (including phenoxy) is 3. The number of aromatic nitrogens is 1. The molecule has 3 heterocycles. The maximum atomic E-state index is 13.3. The number of nitrogens with one attached hydrogen (secondary N) is 2. The summed E-state index contributed by atoms with van der Waals surface area (Å²) in [7, 11) is 0. The van der Waals surface area contributed by atoms with Gasteiger partial charge in [-0.05, 0) is 35.8 Å². The van der Waals surface area contributed by atoms with Gasteiger partial charge >= 0.3 is 5.97 Å². The Balaban J connectivity index is 1.54. The summed E-state index contributed by atoms with van der Waals surface area (Å²) in [6.45, 7) is 2.47. The summed E-state index contributed by atoms with van der Waals surface area (Å²) in [6.07, 6.45) is 4.72. The van der Waals surface area contributed by atoms with E-state index in [9.17, 15) is 4.79 Å². The maximum absolute atomic E-state index is 13.3. The van der Waals surface area contributed by atoms with E-state index in [0.29, 0.717) is 13.0 Å². The van der Waals surface area contributed by atoms with E-state index in [1.165, 1.54) is 0 Å². The van der Waals surface area contributed by atoms with Crippen LogP contribution in [-0.2, 0) is 19.0 Å². The number of carbonyl (C=O) groups is 1. The van der Waals surface area contributed by atoms with Crippen LogP contribution in [0.25, 0.3) is 10.9 Å². The van der Waals surface area contributed by atoms with Crippen LogP contribution < -0.4 is 5.32 Å². The van der Waals surface area contributed by atoms with Gasteiger partial charge in [0.2, 0.25) is 0 Å². The number of aromatic amines is 1. The van der Waals surface area contributed by atoms with Crippen LogP contribution in [0.1, 0.15) is 42.1 Å². The van der Waals surface area contributed by atoms with Crippen LogP contribution in [0.2, 0.25) is 0 Å². The zero-order valence-corrected chi connectivity index (χ0v) is 18.4. The quantitative estimate of drug-likeness (QED) is 0.584. The molecule has 0 amide bonds. The number of para-hydroxylation sites is 1. The highest BCUT2D eigenvalue weighted by Crippen LogP contribution is 2.46. The van der Waals surface area contributed by atoms with E-state index in [1.807, 2.05) is 43.3 Å². The van der Waals surface area contributed by atoms with Crippen molar-refractivity contribution in [3.8, 4) is 0 Å². The molecule has 2 aliphatic heterocycles. The van der Waals surface area contributed by atoms with Crippen molar-refractivity contribution in [2.75, 3.05) is 13.4 Å². The molecular weight excluding hydrogens is 416 g/mol. The number of allylic oxidation sites excluding steroid dienone is 2. The summed E-state index contributed by atoms with van der Waals surface area (Å²) in [5.74, 6) is 0.463. The van der Waals surface area contributed by atoms with Crippen molar-refractivity contribution in [2.45, 2.75) is 37.5 Å². The number of fused-ring (bicyclic) bond motifs is 4. The zero-order chi connectivity index (χ0) is 22.4. The molecular formula is C27H26N2O4. The lowest BCUT2D eigenvalue weighted by molar-refractivity contribution is -0.146. The Morgan fingerprint density at radius 3 is 2.76 bits per heavy atom. The van der Waals surface area contributed by atoms with Gasteiger partial charge in [0.1, 0.15) is 17.9 Å². The fraction of sp³-hybridized carbons (Fsp3) is 0.296. The Morgan fingerprint density at radius 1 is 1.09 bits per heavy atom. The van der Waals surface area contributed by atoms with Crippen molar-refractivity contribution in [3.63, 3.8) is 0 Å². The Kier molecular flexibility index (Phi) is 5.04. The summed E-state index contributed by atoms with van der Waals surface area (Å²) in [5.41, 5.74) is 5.54. The Morgan fingerprint density at radius 2 is 1.91 bits per heavy atom. The van der Waals surface area contributed by atoms with Gasteiger partial charge in [-0.15, -0.1) is 0 Å². The number of esters is 1. The molecule has 168 valence electrons. The van der Waals surface area contributed by atoms with E-state index in [-0.39, 0.29) is 30.8 Å². The minimum atomic E-state index is -0.518. The highest BCUT2D eigenvalue weighted by molar-refractivity contribution is 5.89. The molecule has 1 aromatic heterocycles. The predicted octanol–water partition coefficient (Wildman–Crippen LogP) is 4.46. The smallest absolute Gasteiger partial charge is 0.324 e. The molecule has 2 aromatic carbocycles. The van der Waals surface area contributed by atoms with E-state index >= 15 is 0 Å². The monoisotopic (exact) mass is 442 g/mol. The molecule has 1 saturated heterocycles. The van der Waals surface area contributed by atoms with Gasteiger partial charge in [-0.3, -0.25) is 10.1 Å². The lowest BCUT2D eigenvalue weighted by Crippen LogP contribution is -2.49. The third-order valence-electron chi connectivity index (χ3n) is 6.82. The van der Waals surface area contributed by atoms with E-state index in [4.69, 9.17) is 14.2 Å². The SMILES string of the molecule is CCOC(=O)[C@@H]1N[C@H](C2=CC=C3OCOC3C2)c2[nH]c3ccccc3c2[C@@H]1c1ccccc1. The molecule has 6 nitrogen and oxygen atoms in total. The van der Waals surface area contributed by atoms with Crippen molar-refractivity contribution < 1.29 is 19.0 Å². The third kappa shape index (κ3) is 3.37. The molecule has 1 unspecified atom stereocenters. The van der Waals surface area contributed by atoms with E-state index in [2.05, 4.69) is 40.6 Å². The van der Waals surface area contributed by atoms with Gasteiger partial charge in [-0.1, -0.05) is 54.6 Å². The molecule has 6 rings (SSSR count). The van der Waals surface area contributed by atoms with Crippen LogP contribution in [0.4, 0.5) is 0 Å². The van der Waals surface area contributed by atoms with Crippen molar-refractivity contribution in [3.05, 3.63) is 94.9 Å². The first-order valence-corrected chi connectivity index (χ1v) is 11.5. The summed E-state index contributed by atoms with van der Waals surface area (Å²) in [5, 5.41) is 4.79. The van der Waals surface area contributed by atoms with Crippen molar-refractivity contribution in [1.29, 1.82) is 0 Å². The Labute approximate surface area is 192 Å². The summed E-state index contributed by atoms with van der Waals surface area (Å²) in [4.78, 5) is 17.0. The molecule has 3 aliphatic rings. The van der Waals surface area contributed by atoms with Crippen molar-refractivity contribution >= 4 is 16.9 Å². The first-order chi connectivity index (χ1) is 16.2. The summed E-state index contributed by atoms with van der Waals surface area (Å²) < 4.78 is 16.9. The fourth-order valence-electron chi connectivity index (χ4n) is 5.38. The molecule has 3 aromatic rings. The minimum absolute atomic E-state index is 0.0764. The molecule has 6 heteroatoms. The molecule has 33 heavy (non-hydrogen) atoms. The van der Waals surface area contributed by atoms with Gasteiger partial charge in [0.15, 0.2) is 6.79 Å². The van der Waals surface area contributed by atoms with Crippen molar-refractivity contribution in [1.82, 2.24) is 10.3 Å². The predicted molar refractivity (Wildman–Crippen MR) is 124 cm³/mol. The van der Waals surface area contributed by atoms with Gasteiger partial charge < -0.3 is 19.2 Å². The number of rotatable bonds is 4. The average Bonchev–Trinajstić information content (AvgIpc) is 3.48. The topological polar surface area (TPSA) is 72.6 Å². The highest BCUT2D eigenvalue weighted by Gasteiger charge is 2.44. The van der Waals surface area contributed by atoms with E-state index in [0.717, 1.165) is 39.1 Å². The second-order valence-corrected chi connectivity index (χ2v) is 8.65. The van der Waals surface area contributed by atoms with Gasteiger partial charge in [-0.2, -0.15) is 0 Å². The average molecular weight is 443 g/mol. The number of carbonyl (C=O) groups excluding carboxylic acids is 1. The Hall–Kier alpha value is -3.35. The molecule has 0 bridgehead atoms. The largest absolute Gasteiger partial charge is 0.469 e. The van der Waals surface area contributed by atoms with Crippen molar-refractivity contribution in [2.24, 2.45) is 0 Å². The van der Waals surface area contributed by atoms with Gasteiger partial charge in [0.05, 0.1) is 12.6 Å².